The van der Waals surface area contributed by atoms with Crippen molar-refractivity contribution in [3.63, 3.8) is 0 Å². The van der Waals surface area contributed by atoms with E-state index in [0.29, 0.717) is 6.54 Å². The minimum Gasteiger partial charge on any atom is -0.362 e. The van der Waals surface area contributed by atoms with Gasteiger partial charge in [0.2, 0.25) is 5.91 Å². The number of aromatic nitrogens is 1. The normalized spacial score (nSPS) is 10.8. The second kappa shape index (κ2) is 8.12. The summed E-state index contributed by atoms with van der Waals surface area (Å²) in [6.45, 7) is 9.70. The highest BCUT2D eigenvalue weighted by molar-refractivity contribution is 7.15. The number of nitrogens with one attached hydrogen (secondary N) is 1. The largest absolute Gasteiger partial charge is 0.362 e. The maximum absolute atomic E-state index is 12.0. The second-order valence-electron chi connectivity index (χ2n) is 4.40. The van der Waals surface area contributed by atoms with Crippen molar-refractivity contribution in [2.24, 2.45) is 0 Å². The van der Waals surface area contributed by atoms with Crippen molar-refractivity contribution < 1.29 is 4.79 Å². The Morgan fingerprint density at radius 1 is 1.37 bits per heavy atom. The van der Waals surface area contributed by atoms with Gasteiger partial charge in [0, 0.05) is 37.3 Å². The monoisotopic (exact) mass is 284 g/mol. The summed E-state index contributed by atoms with van der Waals surface area (Å²) in [6.07, 6.45) is 1.88. The Morgan fingerprint density at radius 3 is 2.63 bits per heavy atom. The highest BCUT2D eigenvalue weighted by Crippen LogP contribution is 2.18. The van der Waals surface area contributed by atoms with Crippen molar-refractivity contribution in [3.8, 4) is 0 Å². The zero-order valence-electron chi connectivity index (χ0n) is 12.3. The number of hydrogen-bond donors (Lipinski definition) is 1. The van der Waals surface area contributed by atoms with Crippen LogP contribution in [0, 0.1) is 0 Å². The Kier molecular flexibility index (Phi) is 6.80. The Labute approximate surface area is 119 Å². The zero-order valence-corrected chi connectivity index (χ0v) is 13.1. The van der Waals surface area contributed by atoms with Crippen molar-refractivity contribution in [2.45, 2.75) is 27.3 Å². The van der Waals surface area contributed by atoms with Crippen LogP contribution in [0.15, 0.2) is 6.20 Å². The van der Waals surface area contributed by atoms with E-state index < -0.39 is 0 Å². The van der Waals surface area contributed by atoms with Crippen LogP contribution in [0.3, 0.4) is 0 Å². The van der Waals surface area contributed by atoms with E-state index in [1.807, 2.05) is 36.9 Å². The molecular weight excluding hydrogens is 260 g/mol. The first-order valence-electron chi connectivity index (χ1n) is 6.75. The molecule has 0 unspecified atom stereocenters. The molecule has 1 rings (SSSR count). The van der Waals surface area contributed by atoms with Crippen LogP contribution < -0.4 is 5.32 Å². The molecule has 6 heteroatoms. The van der Waals surface area contributed by atoms with Crippen molar-refractivity contribution >= 4 is 22.4 Å². The summed E-state index contributed by atoms with van der Waals surface area (Å²) in [4.78, 5) is 21.3. The van der Waals surface area contributed by atoms with Crippen LogP contribution in [0.25, 0.3) is 0 Å². The maximum Gasteiger partial charge on any atom is 0.236 e. The van der Waals surface area contributed by atoms with E-state index in [1.54, 1.807) is 11.3 Å². The van der Waals surface area contributed by atoms with Crippen molar-refractivity contribution in [3.05, 3.63) is 11.1 Å². The molecule has 0 spiro atoms. The minimum absolute atomic E-state index is 0.184. The summed E-state index contributed by atoms with van der Waals surface area (Å²) in [5.41, 5.74) is 0. The van der Waals surface area contributed by atoms with E-state index in [2.05, 4.69) is 17.2 Å². The molecule has 0 saturated heterocycles. The Bertz CT molecular complexity index is 390. The van der Waals surface area contributed by atoms with Crippen LogP contribution in [-0.4, -0.2) is 53.9 Å². The fourth-order valence-corrected chi connectivity index (χ4v) is 2.80. The van der Waals surface area contributed by atoms with Crippen molar-refractivity contribution in [1.82, 2.24) is 14.8 Å². The molecule has 0 bridgehead atoms. The van der Waals surface area contributed by atoms with Crippen molar-refractivity contribution in [1.29, 1.82) is 0 Å². The molecule has 0 aliphatic carbocycles. The predicted molar refractivity (Wildman–Crippen MR) is 80.5 cm³/mol. The van der Waals surface area contributed by atoms with Gasteiger partial charge >= 0.3 is 0 Å². The number of carbonyl (C=O) groups is 1. The highest BCUT2D eigenvalue weighted by atomic mass is 32.1. The smallest absolute Gasteiger partial charge is 0.236 e. The fourth-order valence-electron chi connectivity index (χ4n) is 1.84. The van der Waals surface area contributed by atoms with Crippen LogP contribution in [-0.2, 0) is 11.3 Å². The van der Waals surface area contributed by atoms with E-state index >= 15 is 0 Å². The molecule has 0 radical (unpaired) electrons. The number of anilines is 1. The van der Waals surface area contributed by atoms with Gasteiger partial charge in [-0.15, -0.1) is 11.3 Å². The van der Waals surface area contributed by atoms with Gasteiger partial charge in [0.1, 0.15) is 0 Å². The molecule has 1 aromatic heterocycles. The van der Waals surface area contributed by atoms with E-state index in [-0.39, 0.29) is 5.91 Å². The summed E-state index contributed by atoms with van der Waals surface area (Å²) < 4.78 is 0. The summed E-state index contributed by atoms with van der Waals surface area (Å²) in [5, 5.41) is 4.14. The number of likely N-dealkylation sites (N-methyl/N-ethyl adjacent to an activating group) is 2. The van der Waals surface area contributed by atoms with Crippen LogP contribution in [0.2, 0.25) is 0 Å². The van der Waals surface area contributed by atoms with Crippen LogP contribution in [0.5, 0.6) is 0 Å². The molecule has 0 aliphatic rings. The number of nitrogens with zero attached hydrogens (tertiary/aromatic N) is 3. The third-order valence-corrected chi connectivity index (χ3v) is 3.77. The Balaban J connectivity index is 2.45. The molecule has 5 nitrogen and oxygen atoms in total. The Morgan fingerprint density at radius 2 is 2.05 bits per heavy atom. The molecule has 0 atom stereocenters. The van der Waals surface area contributed by atoms with Crippen LogP contribution in [0.1, 0.15) is 25.6 Å². The standard InChI is InChI=1S/C13H24N4OS/c1-5-14-13-15-8-11(19-13)9-16(4)10-12(18)17(6-2)7-3/h8H,5-7,9-10H2,1-4H3,(H,14,15). The van der Waals surface area contributed by atoms with Crippen molar-refractivity contribution in [2.75, 3.05) is 38.5 Å². The highest BCUT2D eigenvalue weighted by Gasteiger charge is 2.13. The molecule has 1 aromatic rings. The molecule has 1 heterocycles. The lowest BCUT2D eigenvalue weighted by Gasteiger charge is -2.22. The first kappa shape index (κ1) is 15.9. The Hall–Kier alpha value is -1.14. The van der Waals surface area contributed by atoms with E-state index in [4.69, 9.17) is 0 Å². The molecule has 0 saturated carbocycles. The van der Waals surface area contributed by atoms with Crippen LogP contribution in [0.4, 0.5) is 5.13 Å². The van der Waals surface area contributed by atoms with Crippen LogP contribution >= 0.6 is 11.3 Å². The molecule has 0 fully saturated rings. The lowest BCUT2D eigenvalue weighted by molar-refractivity contribution is -0.131. The van der Waals surface area contributed by atoms with E-state index in [1.165, 1.54) is 4.88 Å². The van der Waals surface area contributed by atoms with E-state index in [9.17, 15) is 4.79 Å². The number of carbonyl (C=O) groups excluding carboxylic acids is 1. The van der Waals surface area contributed by atoms with Gasteiger partial charge in [0.25, 0.3) is 0 Å². The molecular formula is C13H24N4OS. The summed E-state index contributed by atoms with van der Waals surface area (Å²) in [6, 6.07) is 0. The van der Waals surface area contributed by atoms with Gasteiger partial charge in [-0.05, 0) is 27.8 Å². The van der Waals surface area contributed by atoms with Gasteiger partial charge in [0.15, 0.2) is 5.13 Å². The fraction of sp³-hybridized carbons (Fsp3) is 0.692. The number of rotatable bonds is 8. The molecule has 1 N–H and O–H groups in total. The average Bonchev–Trinajstić information content (AvgIpc) is 2.78. The third-order valence-electron chi connectivity index (χ3n) is 2.83. The summed E-state index contributed by atoms with van der Waals surface area (Å²) >= 11 is 1.64. The number of amides is 1. The van der Waals surface area contributed by atoms with Gasteiger partial charge < -0.3 is 10.2 Å². The average molecular weight is 284 g/mol. The first-order valence-corrected chi connectivity index (χ1v) is 7.57. The molecule has 19 heavy (non-hydrogen) atoms. The van der Waals surface area contributed by atoms with Gasteiger partial charge in [0.05, 0.1) is 6.54 Å². The van der Waals surface area contributed by atoms with Gasteiger partial charge in [-0.25, -0.2) is 4.98 Å². The third kappa shape index (κ3) is 5.16. The predicted octanol–water partition coefficient (Wildman–Crippen LogP) is 1.88. The summed E-state index contributed by atoms with van der Waals surface area (Å²) in [5.74, 6) is 0.184. The number of thiazole rings is 1. The molecule has 108 valence electrons. The number of hydrogen-bond acceptors (Lipinski definition) is 5. The molecule has 0 aromatic carbocycles. The SMILES string of the molecule is CCNc1ncc(CN(C)CC(=O)N(CC)CC)s1. The van der Waals surface area contributed by atoms with Gasteiger partial charge in [-0.2, -0.15) is 0 Å². The molecule has 0 aliphatic heterocycles. The van der Waals surface area contributed by atoms with Gasteiger partial charge in [-0.1, -0.05) is 0 Å². The minimum atomic E-state index is 0.184. The first-order chi connectivity index (χ1) is 9.10. The molecule has 1 amide bonds. The zero-order chi connectivity index (χ0) is 14.3. The topological polar surface area (TPSA) is 48.5 Å². The maximum atomic E-state index is 12.0. The van der Waals surface area contributed by atoms with E-state index in [0.717, 1.165) is 31.3 Å². The lowest BCUT2D eigenvalue weighted by Crippen LogP contribution is -2.38. The second-order valence-corrected chi connectivity index (χ2v) is 5.52. The quantitative estimate of drug-likeness (QED) is 0.792. The van der Waals surface area contributed by atoms with Gasteiger partial charge in [-0.3, -0.25) is 9.69 Å². The lowest BCUT2D eigenvalue weighted by atomic mass is 10.4. The summed E-state index contributed by atoms with van der Waals surface area (Å²) in [7, 11) is 1.97.